The molecule has 5 rings (SSSR count). The lowest BCUT2D eigenvalue weighted by Crippen LogP contribution is -2.44. The SMILES string of the molecule is Cc1cc(N2CCC(N3CCCC3)CC2)nc2ccc(NC(=O)COc3csc(C(F)(F)F)c3)cc12. The van der Waals surface area contributed by atoms with Crippen molar-refractivity contribution in [3.63, 3.8) is 0 Å². The third-order valence-corrected chi connectivity index (χ3v) is 7.91. The van der Waals surface area contributed by atoms with Gasteiger partial charge in [-0.3, -0.25) is 4.79 Å². The molecule has 0 unspecified atom stereocenters. The van der Waals surface area contributed by atoms with Gasteiger partial charge >= 0.3 is 6.18 Å². The van der Waals surface area contributed by atoms with Gasteiger partial charge in [0.1, 0.15) is 16.4 Å². The van der Waals surface area contributed by atoms with Gasteiger partial charge in [0, 0.05) is 41.7 Å². The number of thiophene rings is 1. The van der Waals surface area contributed by atoms with Crippen molar-refractivity contribution in [1.82, 2.24) is 9.88 Å². The molecule has 6 nitrogen and oxygen atoms in total. The fourth-order valence-corrected chi connectivity index (χ4v) is 5.77. The first-order chi connectivity index (χ1) is 17.3. The Labute approximate surface area is 212 Å². The molecule has 2 aliphatic rings. The van der Waals surface area contributed by atoms with Crippen molar-refractivity contribution in [1.29, 1.82) is 0 Å². The highest BCUT2D eigenvalue weighted by Gasteiger charge is 2.32. The Kier molecular flexibility index (Phi) is 7.07. The van der Waals surface area contributed by atoms with Crippen LogP contribution >= 0.6 is 11.3 Å². The van der Waals surface area contributed by atoms with E-state index in [9.17, 15) is 18.0 Å². The van der Waals surface area contributed by atoms with E-state index < -0.39 is 17.0 Å². The van der Waals surface area contributed by atoms with Gasteiger partial charge in [0.2, 0.25) is 0 Å². The summed E-state index contributed by atoms with van der Waals surface area (Å²) in [5.74, 6) is 0.564. The number of carbonyl (C=O) groups excluding carboxylic acids is 1. The summed E-state index contributed by atoms with van der Waals surface area (Å²) in [6, 6.07) is 9.21. The Morgan fingerprint density at radius 3 is 2.58 bits per heavy atom. The van der Waals surface area contributed by atoms with Crippen LogP contribution in [-0.4, -0.2) is 54.6 Å². The maximum absolute atomic E-state index is 12.7. The summed E-state index contributed by atoms with van der Waals surface area (Å²) >= 11 is 0.538. The number of hydrogen-bond acceptors (Lipinski definition) is 6. The third kappa shape index (κ3) is 5.59. The van der Waals surface area contributed by atoms with Gasteiger partial charge in [-0.05, 0) is 75.5 Å². The molecule has 0 spiro atoms. The van der Waals surface area contributed by atoms with Crippen LogP contribution in [0.2, 0.25) is 0 Å². The number of anilines is 2. The third-order valence-electron chi connectivity index (χ3n) is 6.96. The first kappa shape index (κ1) is 24.8. The van der Waals surface area contributed by atoms with E-state index in [4.69, 9.17) is 9.72 Å². The molecule has 1 aromatic carbocycles. The number of carbonyl (C=O) groups is 1. The van der Waals surface area contributed by atoms with Crippen molar-refractivity contribution in [3.05, 3.63) is 46.2 Å². The Morgan fingerprint density at radius 1 is 1.14 bits per heavy atom. The summed E-state index contributed by atoms with van der Waals surface area (Å²) < 4.78 is 43.4. The first-order valence-electron chi connectivity index (χ1n) is 12.2. The van der Waals surface area contributed by atoms with Gasteiger partial charge in [-0.15, -0.1) is 11.3 Å². The van der Waals surface area contributed by atoms with Crippen molar-refractivity contribution in [2.45, 2.75) is 44.8 Å². The van der Waals surface area contributed by atoms with Crippen LogP contribution in [0.15, 0.2) is 35.7 Å². The van der Waals surface area contributed by atoms with E-state index in [-0.39, 0.29) is 12.4 Å². The molecule has 10 heteroatoms. The molecule has 1 amide bonds. The van der Waals surface area contributed by atoms with E-state index in [1.165, 1.54) is 31.3 Å². The molecule has 0 saturated carbocycles. The summed E-state index contributed by atoms with van der Waals surface area (Å²) in [4.78, 5) is 21.4. The second-order valence-corrected chi connectivity index (χ2v) is 10.4. The predicted octanol–water partition coefficient (Wildman–Crippen LogP) is 5.71. The van der Waals surface area contributed by atoms with Crippen LogP contribution in [0.4, 0.5) is 24.7 Å². The van der Waals surface area contributed by atoms with E-state index in [0.29, 0.717) is 23.1 Å². The molecule has 0 bridgehead atoms. The number of benzene rings is 1. The number of aromatic nitrogens is 1. The molecule has 4 heterocycles. The average molecular weight is 519 g/mol. The standard InChI is InChI=1S/C26H29F3N4O2S/c1-17-12-24(33-10-6-19(7-11-33)32-8-2-3-9-32)31-22-5-4-18(13-21(17)22)30-25(34)15-35-20-14-23(36-16-20)26(27,28)29/h4-5,12-14,16,19H,2-3,6-11,15H2,1H3,(H,30,34). The zero-order valence-electron chi connectivity index (χ0n) is 20.1. The maximum Gasteiger partial charge on any atom is 0.425 e. The van der Waals surface area contributed by atoms with E-state index in [1.807, 2.05) is 19.1 Å². The zero-order valence-corrected chi connectivity index (χ0v) is 20.9. The van der Waals surface area contributed by atoms with Crippen molar-refractivity contribution in [3.8, 4) is 5.75 Å². The van der Waals surface area contributed by atoms with E-state index >= 15 is 0 Å². The number of alkyl halides is 3. The summed E-state index contributed by atoms with van der Waals surface area (Å²) in [6.07, 6.45) is 0.538. The molecule has 0 radical (unpaired) electrons. The Bertz CT molecular complexity index is 1230. The van der Waals surface area contributed by atoms with Crippen LogP contribution in [0.25, 0.3) is 10.9 Å². The summed E-state index contributed by atoms with van der Waals surface area (Å²) in [5, 5.41) is 4.94. The summed E-state index contributed by atoms with van der Waals surface area (Å²) in [6.45, 7) is 6.12. The molecule has 0 atom stereocenters. The lowest BCUT2D eigenvalue weighted by molar-refractivity contribution is -0.134. The number of halogens is 3. The number of nitrogens with zero attached hydrogens (tertiary/aromatic N) is 3. The number of fused-ring (bicyclic) bond motifs is 1. The molecule has 3 aromatic rings. The number of likely N-dealkylation sites (tertiary alicyclic amines) is 1. The number of rotatable bonds is 6. The molecule has 0 aliphatic carbocycles. The fraction of sp³-hybridized carbons (Fsp3) is 0.462. The number of hydrogen-bond donors (Lipinski definition) is 1. The number of ether oxygens (including phenoxy) is 1. The normalized spacial score (nSPS) is 17.6. The summed E-state index contributed by atoms with van der Waals surface area (Å²) in [7, 11) is 0. The van der Waals surface area contributed by atoms with Gasteiger partial charge in [0.05, 0.1) is 5.52 Å². The van der Waals surface area contributed by atoms with E-state index in [0.717, 1.165) is 54.3 Å². The molecule has 36 heavy (non-hydrogen) atoms. The van der Waals surface area contributed by atoms with Gasteiger partial charge in [-0.25, -0.2) is 4.98 Å². The summed E-state index contributed by atoms with van der Waals surface area (Å²) in [5.41, 5.74) is 2.52. The molecular formula is C26H29F3N4O2S. The second-order valence-electron chi connectivity index (χ2n) is 9.47. The van der Waals surface area contributed by atoms with Gasteiger partial charge in [0.15, 0.2) is 6.61 Å². The topological polar surface area (TPSA) is 57.7 Å². The van der Waals surface area contributed by atoms with Crippen molar-refractivity contribution < 1.29 is 22.7 Å². The molecule has 192 valence electrons. The second kappa shape index (κ2) is 10.3. The number of aryl methyl sites for hydroxylation is 1. The van der Waals surface area contributed by atoms with Gasteiger partial charge in [-0.2, -0.15) is 13.2 Å². The minimum absolute atomic E-state index is 0.0259. The lowest BCUT2D eigenvalue weighted by atomic mass is 10.0. The fourth-order valence-electron chi connectivity index (χ4n) is 5.07. The highest BCUT2D eigenvalue weighted by atomic mass is 32.1. The largest absolute Gasteiger partial charge is 0.483 e. The van der Waals surface area contributed by atoms with Crippen LogP contribution < -0.4 is 15.0 Å². The van der Waals surface area contributed by atoms with Gasteiger partial charge in [-0.1, -0.05) is 0 Å². The Morgan fingerprint density at radius 2 is 1.89 bits per heavy atom. The van der Waals surface area contributed by atoms with Gasteiger partial charge < -0.3 is 19.9 Å². The molecular weight excluding hydrogens is 489 g/mol. The van der Waals surface area contributed by atoms with Gasteiger partial charge in [0.25, 0.3) is 5.91 Å². The molecule has 2 aromatic heterocycles. The van der Waals surface area contributed by atoms with Crippen LogP contribution in [0.3, 0.4) is 0 Å². The zero-order chi connectivity index (χ0) is 25.3. The van der Waals surface area contributed by atoms with Crippen LogP contribution in [0.1, 0.15) is 36.1 Å². The van der Waals surface area contributed by atoms with Crippen LogP contribution in [-0.2, 0) is 11.0 Å². The highest BCUT2D eigenvalue weighted by Crippen LogP contribution is 2.36. The highest BCUT2D eigenvalue weighted by molar-refractivity contribution is 7.10. The van der Waals surface area contributed by atoms with E-state index in [2.05, 4.69) is 21.2 Å². The quantitative estimate of drug-likeness (QED) is 0.453. The van der Waals surface area contributed by atoms with Crippen molar-refractivity contribution in [2.75, 3.05) is 43.0 Å². The molecule has 2 aliphatic heterocycles. The van der Waals surface area contributed by atoms with Crippen molar-refractivity contribution >= 4 is 39.7 Å². The number of amides is 1. The monoisotopic (exact) mass is 518 g/mol. The molecule has 2 saturated heterocycles. The first-order valence-corrected chi connectivity index (χ1v) is 13.1. The van der Waals surface area contributed by atoms with E-state index in [1.54, 1.807) is 6.07 Å². The van der Waals surface area contributed by atoms with Crippen molar-refractivity contribution in [2.24, 2.45) is 0 Å². The predicted molar refractivity (Wildman–Crippen MR) is 136 cm³/mol. The lowest BCUT2D eigenvalue weighted by Gasteiger charge is -2.37. The Hall–Kier alpha value is -2.85. The Balaban J connectivity index is 1.20. The minimum atomic E-state index is -4.42. The number of pyridine rings is 1. The molecule has 2 fully saturated rings. The van der Waals surface area contributed by atoms with Crippen LogP contribution in [0, 0.1) is 6.92 Å². The average Bonchev–Trinajstić information content (AvgIpc) is 3.56. The smallest absolute Gasteiger partial charge is 0.425 e. The number of piperidine rings is 1. The molecule has 1 N–H and O–H groups in total. The minimum Gasteiger partial charge on any atom is -0.483 e. The van der Waals surface area contributed by atoms with Crippen LogP contribution in [0.5, 0.6) is 5.75 Å². The maximum atomic E-state index is 12.7. The number of nitrogens with one attached hydrogen (secondary N) is 1.